The summed E-state index contributed by atoms with van der Waals surface area (Å²) in [5.74, 6) is -0.397. The van der Waals surface area contributed by atoms with Crippen LogP contribution in [0.3, 0.4) is 0 Å². The van der Waals surface area contributed by atoms with E-state index >= 15 is 0 Å². The Morgan fingerprint density at radius 1 is 1.14 bits per heavy atom. The van der Waals surface area contributed by atoms with Crippen molar-refractivity contribution in [3.05, 3.63) is 59.0 Å². The van der Waals surface area contributed by atoms with Crippen LogP contribution in [0.4, 0.5) is 24.7 Å². The number of nitrogens with zero attached hydrogens (tertiary/aromatic N) is 4. The van der Waals surface area contributed by atoms with E-state index in [4.69, 9.17) is 14.6 Å². The molecule has 0 saturated carbocycles. The van der Waals surface area contributed by atoms with Crippen molar-refractivity contribution in [1.29, 1.82) is 0 Å². The van der Waals surface area contributed by atoms with Crippen LogP contribution in [0.2, 0.25) is 0 Å². The summed E-state index contributed by atoms with van der Waals surface area (Å²) in [4.78, 5) is 13.2. The second-order valence-electron chi connectivity index (χ2n) is 9.10. The lowest BCUT2D eigenvalue weighted by Crippen LogP contribution is -2.58. The lowest BCUT2D eigenvalue weighted by atomic mass is 10.0. The molecule has 0 unspecified atom stereocenters. The SMILES string of the molecule is Cc1nnc(N[C@H](C)c2cccc(C(F)F)c2F)c2cc(N3CCN4CCOC[C@@H]4C3)ccc12.O=CO. The molecular weight excluding hydrogens is 487 g/mol. The number of ether oxygens (including phenoxy) is 1. The van der Waals surface area contributed by atoms with Gasteiger partial charge in [0.25, 0.3) is 12.9 Å². The van der Waals surface area contributed by atoms with Gasteiger partial charge in [-0.2, -0.15) is 5.10 Å². The number of piperazine rings is 1. The fraction of sp³-hybridized carbons (Fsp3) is 0.423. The lowest BCUT2D eigenvalue weighted by molar-refractivity contribution is -0.122. The van der Waals surface area contributed by atoms with Gasteiger partial charge in [0.15, 0.2) is 5.82 Å². The minimum atomic E-state index is -2.87. The zero-order valence-corrected chi connectivity index (χ0v) is 20.7. The standard InChI is InChI=1S/C25H28F3N5O.CH2O2/c1-15(20-4-3-5-21(23(20)26)24(27)28)29-25-22-12-17(6-7-19(22)16(2)30-31-25)33-9-8-32-10-11-34-14-18(32)13-33;2-1-3/h3-7,12,15,18,24H,8-11,13-14H2,1-2H3,(H,29,31);1H,(H,2,3)/t15-,18+;/m1./s1. The predicted octanol–water partition coefficient (Wildman–Crippen LogP) is 4.41. The summed E-state index contributed by atoms with van der Waals surface area (Å²) in [7, 11) is 0. The monoisotopic (exact) mass is 517 g/mol. The highest BCUT2D eigenvalue weighted by molar-refractivity contribution is 5.95. The molecule has 11 heteroatoms. The van der Waals surface area contributed by atoms with Crippen LogP contribution in [0.15, 0.2) is 36.4 Å². The number of halogens is 3. The molecule has 37 heavy (non-hydrogen) atoms. The average Bonchev–Trinajstić information content (AvgIpc) is 2.90. The lowest BCUT2D eigenvalue weighted by Gasteiger charge is -2.44. The summed E-state index contributed by atoms with van der Waals surface area (Å²) < 4.78 is 46.7. The van der Waals surface area contributed by atoms with Crippen LogP contribution in [-0.4, -0.2) is 72.1 Å². The topological polar surface area (TPSA) is 90.8 Å². The zero-order valence-electron chi connectivity index (χ0n) is 20.7. The van der Waals surface area contributed by atoms with Gasteiger partial charge in [-0.05, 0) is 26.0 Å². The van der Waals surface area contributed by atoms with Crippen LogP contribution in [0.25, 0.3) is 10.8 Å². The number of carboxylic acid groups (broad SMARTS) is 1. The van der Waals surface area contributed by atoms with Gasteiger partial charge in [-0.25, -0.2) is 13.2 Å². The van der Waals surface area contributed by atoms with Crippen LogP contribution in [0.1, 0.15) is 36.2 Å². The Balaban J connectivity index is 0.00000102. The van der Waals surface area contributed by atoms with Gasteiger partial charge >= 0.3 is 0 Å². The first-order valence-electron chi connectivity index (χ1n) is 12.1. The molecule has 3 heterocycles. The molecule has 0 spiro atoms. The number of rotatable bonds is 5. The van der Waals surface area contributed by atoms with Crippen molar-refractivity contribution in [2.75, 3.05) is 49.6 Å². The number of hydrogen-bond acceptors (Lipinski definition) is 7. The van der Waals surface area contributed by atoms with E-state index in [0.717, 1.165) is 67.6 Å². The molecule has 2 atom stereocenters. The number of morpholine rings is 1. The highest BCUT2D eigenvalue weighted by Gasteiger charge is 2.30. The molecule has 0 radical (unpaired) electrons. The summed E-state index contributed by atoms with van der Waals surface area (Å²) in [5, 5.41) is 20.5. The van der Waals surface area contributed by atoms with Gasteiger partial charge in [-0.3, -0.25) is 9.69 Å². The normalized spacial score (nSPS) is 18.6. The fourth-order valence-corrected chi connectivity index (χ4v) is 4.91. The summed E-state index contributed by atoms with van der Waals surface area (Å²) in [5.41, 5.74) is 1.43. The average molecular weight is 518 g/mol. The molecule has 0 bridgehead atoms. The van der Waals surface area contributed by atoms with Crippen LogP contribution in [0, 0.1) is 12.7 Å². The highest BCUT2D eigenvalue weighted by Crippen LogP contribution is 2.33. The van der Waals surface area contributed by atoms with E-state index in [0.29, 0.717) is 11.9 Å². The number of aryl methyl sites for hydroxylation is 1. The van der Waals surface area contributed by atoms with Gasteiger partial charge < -0.3 is 20.1 Å². The molecule has 0 amide bonds. The quantitative estimate of drug-likeness (QED) is 0.481. The molecule has 2 aliphatic heterocycles. The third kappa shape index (κ3) is 5.78. The van der Waals surface area contributed by atoms with Gasteiger partial charge in [0.1, 0.15) is 5.82 Å². The Morgan fingerprint density at radius 2 is 1.89 bits per heavy atom. The van der Waals surface area contributed by atoms with Gasteiger partial charge in [-0.1, -0.05) is 24.3 Å². The minimum absolute atomic E-state index is 0.165. The smallest absolute Gasteiger partial charge is 0.290 e. The Hall–Kier alpha value is -3.44. The Labute approximate surface area is 213 Å². The van der Waals surface area contributed by atoms with Crippen molar-refractivity contribution < 1.29 is 27.8 Å². The molecule has 2 N–H and O–H groups in total. The summed E-state index contributed by atoms with van der Waals surface area (Å²) in [6.45, 7) is 8.67. The first-order chi connectivity index (χ1) is 17.8. The van der Waals surface area contributed by atoms with E-state index < -0.39 is 23.8 Å². The molecule has 2 fully saturated rings. The van der Waals surface area contributed by atoms with Gasteiger partial charge in [0, 0.05) is 48.2 Å². The van der Waals surface area contributed by atoms with Gasteiger partial charge in [0.05, 0.1) is 36.6 Å². The van der Waals surface area contributed by atoms with Crippen LogP contribution in [-0.2, 0) is 9.53 Å². The maximum atomic E-state index is 14.7. The number of nitrogens with one attached hydrogen (secondary N) is 1. The molecular formula is C26H30F3N5O3. The van der Waals surface area contributed by atoms with Gasteiger partial charge in [0.2, 0.25) is 0 Å². The Morgan fingerprint density at radius 3 is 2.65 bits per heavy atom. The highest BCUT2D eigenvalue weighted by atomic mass is 19.3. The fourth-order valence-electron chi connectivity index (χ4n) is 4.91. The maximum absolute atomic E-state index is 14.7. The van der Waals surface area contributed by atoms with Crippen molar-refractivity contribution in [2.24, 2.45) is 0 Å². The number of benzene rings is 2. The van der Waals surface area contributed by atoms with E-state index in [1.165, 1.54) is 12.1 Å². The first-order valence-corrected chi connectivity index (χ1v) is 12.1. The van der Waals surface area contributed by atoms with Crippen molar-refractivity contribution in [3.63, 3.8) is 0 Å². The maximum Gasteiger partial charge on any atom is 0.290 e. The first kappa shape index (κ1) is 26.6. The number of alkyl halides is 2. The third-order valence-electron chi connectivity index (χ3n) is 6.86. The van der Waals surface area contributed by atoms with Crippen LogP contribution in [0.5, 0.6) is 0 Å². The van der Waals surface area contributed by atoms with Crippen molar-refractivity contribution in [1.82, 2.24) is 15.1 Å². The Bertz CT molecular complexity index is 1250. The number of carbonyl (C=O) groups is 1. The molecule has 2 aromatic carbocycles. The number of hydrogen-bond donors (Lipinski definition) is 2. The van der Waals surface area contributed by atoms with E-state index in [1.54, 1.807) is 6.92 Å². The third-order valence-corrected chi connectivity index (χ3v) is 6.86. The summed E-state index contributed by atoms with van der Waals surface area (Å²) >= 11 is 0. The predicted molar refractivity (Wildman–Crippen MR) is 135 cm³/mol. The molecule has 2 saturated heterocycles. The molecule has 3 aromatic rings. The minimum Gasteiger partial charge on any atom is -0.483 e. The van der Waals surface area contributed by atoms with Crippen molar-refractivity contribution in [2.45, 2.75) is 32.4 Å². The Kier molecular flexibility index (Phi) is 8.45. The van der Waals surface area contributed by atoms with Crippen molar-refractivity contribution in [3.8, 4) is 0 Å². The molecule has 8 nitrogen and oxygen atoms in total. The summed E-state index contributed by atoms with van der Waals surface area (Å²) in [6, 6.07) is 10.1. The second-order valence-corrected chi connectivity index (χ2v) is 9.10. The van der Waals surface area contributed by atoms with E-state index in [9.17, 15) is 13.2 Å². The second kappa shape index (κ2) is 11.7. The molecule has 2 aliphatic rings. The largest absolute Gasteiger partial charge is 0.483 e. The summed E-state index contributed by atoms with van der Waals surface area (Å²) in [6.07, 6.45) is -2.87. The van der Waals surface area contributed by atoms with Crippen LogP contribution >= 0.6 is 0 Å². The number of anilines is 2. The number of fused-ring (bicyclic) bond motifs is 2. The van der Waals surface area contributed by atoms with Gasteiger partial charge in [-0.15, -0.1) is 5.10 Å². The molecule has 0 aliphatic carbocycles. The van der Waals surface area contributed by atoms with E-state index in [2.05, 4.69) is 37.4 Å². The molecule has 198 valence electrons. The van der Waals surface area contributed by atoms with E-state index in [-0.39, 0.29) is 12.0 Å². The molecule has 5 rings (SSSR count). The molecule has 1 aromatic heterocycles. The van der Waals surface area contributed by atoms with Crippen molar-refractivity contribution >= 4 is 28.7 Å². The zero-order chi connectivity index (χ0) is 26.5. The number of aromatic nitrogens is 2. The van der Waals surface area contributed by atoms with E-state index in [1.807, 2.05) is 13.0 Å². The van der Waals surface area contributed by atoms with Crippen LogP contribution < -0.4 is 10.2 Å².